The van der Waals surface area contributed by atoms with Gasteiger partial charge in [-0.3, -0.25) is 0 Å². The average molecular weight is 213 g/mol. The van der Waals surface area contributed by atoms with Gasteiger partial charge >= 0.3 is 8.03 Å². The third kappa shape index (κ3) is 3.18. The Kier molecular flexibility index (Phi) is 4.21. The molecule has 0 bridgehead atoms. The zero-order valence-corrected chi connectivity index (χ0v) is 9.15. The molecule has 0 aliphatic rings. The molecule has 1 aromatic carbocycles. The standard InChI is InChI=1S/C10H14O3P/c1-8(13-14(12)9(2)11)10-6-4-3-5-7-10/h3-9,11H,1-2H3/q+1. The van der Waals surface area contributed by atoms with Crippen LogP contribution in [0.1, 0.15) is 25.5 Å². The number of aliphatic hydroxyl groups is 1. The molecule has 0 saturated heterocycles. The first-order chi connectivity index (χ1) is 6.61. The topological polar surface area (TPSA) is 46.5 Å². The van der Waals surface area contributed by atoms with Gasteiger partial charge in [-0.05, 0) is 17.1 Å². The van der Waals surface area contributed by atoms with Crippen molar-refractivity contribution in [3.05, 3.63) is 35.9 Å². The van der Waals surface area contributed by atoms with E-state index in [2.05, 4.69) is 0 Å². The van der Waals surface area contributed by atoms with Crippen molar-refractivity contribution in [1.29, 1.82) is 0 Å². The Morgan fingerprint density at radius 3 is 2.36 bits per heavy atom. The summed E-state index contributed by atoms with van der Waals surface area (Å²) < 4.78 is 16.4. The summed E-state index contributed by atoms with van der Waals surface area (Å²) in [6.45, 7) is 3.27. The zero-order valence-electron chi connectivity index (χ0n) is 8.25. The molecule has 0 aromatic heterocycles. The Hall–Kier alpha value is -0.760. The summed E-state index contributed by atoms with van der Waals surface area (Å²) in [5.41, 5.74) is 0.955. The van der Waals surface area contributed by atoms with E-state index in [-0.39, 0.29) is 6.10 Å². The molecule has 0 amide bonds. The van der Waals surface area contributed by atoms with Gasteiger partial charge in [0, 0.05) is 6.92 Å². The van der Waals surface area contributed by atoms with Crippen LogP contribution in [0.25, 0.3) is 0 Å². The Morgan fingerprint density at radius 1 is 1.29 bits per heavy atom. The summed E-state index contributed by atoms with van der Waals surface area (Å²) in [7, 11) is -2.00. The van der Waals surface area contributed by atoms with Crippen molar-refractivity contribution in [2.24, 2.45) is 0 Å². The van der Waals surface area contributed by atoms with Gasteiger partial charge in [0.05, 0.1) is 0 Å². The van der Waals surface area contributed by atoms with E-state index >= 15 is 0 Å². The van der Waals surface area contributed by atoms with Gasteiger partial charge in [0.1, 0.15) is 6.10 Å². The Morgan fingerprint density at radius 2 is 1.86 bits per heavy atom. The van der Waals surface area contributed by atoms with Gasteiger partial charge in [-0.25, -0.2) is 0 Å². The van der Waals surface area contributed by atoms with Crippen LogP contribution in [0.2, 0.25) is 0 Å². The van der Waals surface area contributed by atoms with Gasteiger partial charge < -0.3 is 5.11 Å². The average Bonchev–Trinajstić information content (AvgIpc) is 2.19. The number of benzene rings is 1. The first-order valence-electron chi connectivity index (χ1n) is 4.47. The lowest BCUT2D eigenvalue weighted by molar-refractivity contribution is 0.196. The lowest BCUT2D eigenvalue weighted by Crippen LogP contribution is -1.99. The minimum absolute atomic E-state index is 0.255. The van der Waals surface area contributed by atoms with Crippen LogP contribution in [0, 0.1) is 0 Å². The van der Waals surface area contributed by atoms with E-state index in [1.165, 1.54) is 6.92 Å². The van der Waals surface area contributed by atoms with Crippen LogP contribution < -0.4 is 0 Å². The van der Waals surface area contributed by atoms with Crippen molar-refractivity contribution in [3.63, 3.8) is 0 Å². The van der Waals surface area contributed by atoms with Crippen molar-refractivity contribution >= 4 is 8.03 Å². The van der Waals surface area contributed by atoms with Crippen LogP contribution in [0.5, 0.6) is 0 Å². The number of hydrogen-bond acceptors (Lipinski definition) is 3. The molecular formula is C10H14O3P+. The predicted octanol–water partition coefficient (Wildman–Crippen LogP) is 2.84. The molecule has 0 radical (unpaired) electrons. The minimum atomic E-state index is -2.00. The first-order valence-corrected chi connectivity index (χ1v) is 5.72. The molecule has 3 unspecified atom stereocenters. The molecule has 0 aliphatic heterocycles. The molecule has 0 fully saturated rings. The third-order valence-corrected chi connectivity index (χ3v) is 2.97. The fourth-order valence-electron chi connectivity index (χ4n) is 1.03. The second-order valence-corrected chi connectivity index (χ2v) is 4.60. The monoisotopic (exact) mass is 213 g/mol. The highest BCUT2D eigenvalue weighted by Crippen LogP contribution is 2.34. The smallest absolute Gasteiger partial charge is 0.349 e. The van der Waals surface area contributed by atoms with E-state index in [1.807, 2.05) is 37.3 Å². The molecule has 0 saturated carbocycles. The molecule has 4 heteroatoms. The van der Waals surface area contributed by atoms with Crippen LogP contribution in [-0.2, 0) is 9.09 Å². The summed E-state index contributed by atoms with van der Waals surface area (Å²) in [5, 5.41) is 9.01. The lowest BCUT2D eigenvalue weighted by atomic mass is 10.1. The maximum atomic E-state index is 11.2. The maximum Gasteiger partial charge on any atom is 0.540 e. The zero-order chi connectivity index (χ0) is 10.6. The number of rotatable bonds is 4. The molecule has 1 aromatic rings. The third-order valence-electron chi connectivity index (χ3n) is 1.84. The second-order valence-electron chi connectivity index (χ2n) is 3.08. The largest absolute Gasteiger partial charge is 0.540 e. The molecule has 14 heavy (non-hydrogen) atoms. The van der Waals surface area contributed by atoms with Crippen LogP contribution >= 0.6 is 8.03 Å². The molecule has 3 atom stereocenters. The fourth-order valence-corrected chi connectivity index (χ4v) is 1.64. The summed E-state index contributed by atoms with van der Waals surface area (Å²) in [4.78, 5) is 0. The van der Waals surface area contributed by atoms with E-state index < -0.39 is 13.9 Å². The van der Waals surface area contributed by atoms with E-state index in [0.29, 0.717) is 0 Å². The highest BCUT2D eigenvalue weighted by atomic mass is 31.1. The molecule has 1 rings (SSSR count). The second kappa shape index (κ2) is 5.20. The van der Waals surface area contributed by atoms with E-state index in [1.54, 1.807) is 0 Å². The van der Waals surface area contributed by atoms with E-state index in [0.717, 1.165) is 5.56 Å². The quantitative estimate of drug-likeness (QED) is 0.782. The van der Waals surface area contributed by atoms with Gasteiger partial charge in [0.15, 0.2) is 0 Å². The Balaban J connectivity index is 2.59. The maximum absolute atomic E-state index is 11.2. The number of aliphatic hydroxyl groups excluding tert-OH is 1. The molecule has 76 valence electrons. The van der Waals surface area contributed by atoms with Crippen LogP contribution in [0.15, 0.2) is 30.3 Å². The van der Waals surface area contributed by atoms with Gasteiger partial charge in [0.2, 0.25) is 0 Å². The fraction of sp³-hybridized carbons (Fsp3) is 0.400. The van der Waals surface area contributed by atoms with Crippen LogP contribution in [0.3, 0.4) is 0 Å². The van der Waals surface area contributed by atoms with E-state index in [4.69, 9.17) is 9.63 Å². The Labute approximate surface area is 84.6 Å². The van der Waals surface area contributed by atoms with Crippen molar-refractivity contribution < 1.29 is 14.2 Å². The van der Waals surface area contributed by atoms with Crippen molar-refractivity contribution in [3.8, 4) is 0 Å². The molecule has 0 spiro atoms. The highest BCUT2D eigenvalue weighted by Gasteiger charge is 2.28. The predicted molar refractivity (Wildman–Crippen MR) is 55.2 cm³/mol. The summed E-state index contributed by atoms with van der Waals surface area (Å²) in [6.07, 6.45) is -0.255. The highest BCUT2D eigenvalue weighted by molar-refractivity contribution is 7.39. The normalized spacial score (nSPS) is 16.1. The molecule has 0 aliphatic carbocycles. The first kappa shape index (κ1) is 11.3. The summed E-state index contributed by atoms with van der Waals surface area (Å²) >= 11 is 0. The molecule has 0 heterocycles. The van der Waals surface area contributed by atoms with Gasteiger partial charge in [0.25, 0.3) is 5.85 Å². The lowest BCUT2D eigenvalue weighted by Gasteiger charge is -2.04. The van der Waals surface area contributed by atoms with Crippen LogP contribution in [-0.4, -0.2) is 11.0 Å². The van der Waals surface area contributed by atoms with Crippen molar-refractivity contribution in [2.45, 2.75) is 25.8 Å². The van der Waals surface area contributed by atoms with Crippen molar-refractivity contribution in [1.82, 2.24) is 0 Å². The van der Waals surface area contributed by atoms with E-state index in [9.17, 15) is 4.57 Å². The molecular weight excluding hydrogens is 199 g/mol. The number of hydrogen-bond donors (Lipinski definition) is 1. The minimum Gasteiger partial charge on any atom is -0.349 e. The van der Waals surface area contributed by atoms with Gasteiger partial charge in [-0.1, -0.05) is 30.3 Å². The molecule has 3 nitrogen and oxygen atoms in total. The Bertz CT molecular complexity index is 297. The van der Waals surface area contributed by atoms with Gasteiger partial charge in [-0.2, -0.15) is 0 Å². The van der Waals surface area contributed by atoms with Crippen LogP contribution in [0.4, 0.5) is 0 Å². The SMILES string of the molecule is CC(O[P+](=O)C(C)O)c1ccccc1. The summed E-state index contributed by atoms with van der Waals surface area (Å²) in [5.74, 6) is -0.920. The molecule has 1 N–H and O–H groups in total. The van der Waals surface area contributed by atoms with Gasteiger partial charge in [-0.15, -0.1) is 4.52 Å². The summed E-state index contributed by atoms with van der Waals surface area (Å²) in [6, 6.07) is 9.49. The van der Waals surface area contributed by atoms with Crippen molar-refractivity contribution in [2.75, 3.05) is 0 Å².